The molecule has 0 radical (unpaired) electrons. The van der Waals surface area contributed by atoms with E-state index in [2.05, 4.69) is 5.32 Å². The summed E-state index contributed by atoms with van der Waals surface area (Å²) in [7, 11) is 0. The molecule has 1 aliphatic rings. The van der Waals surface area contributed by atoms with Crippen molar-refractivity contribution in [1.29, 1.82) is 0 Å². The standard InChI is InChI=1S/C18H26N2O3/c1-13(2)16(12-21)20(11-14-6-4-3-5-7-14)18(23)15-8-9-19-17(22)10-15/h3-7,13,15-16,21H,8-12H2,1-2H3,(H,19,22)/t15-,16+/m1/s1. The van der Waals surface area contributed by atoms with Crippen molar-refractivity contribution in [3.8, 4) is 0 Å². The van der Waals surface area contributed by atoms with E-state index in [1.807, 2.05) is 44.2 Å². The Morgan fingerprint density at radius 1 is 1.35 bits per heavy atom. The molecule has 2 rings (SSSR count). The molecule has 126 valence electrons. The van der Waals surface area contributed by atoms with Crippen LogP contribution in [0.1, 0.15) is 32.3 Å². The molecule has 1 aromatic carbocycles. The minimum atomic E-state index is -0.291. The lowest BCUT2D eigenvalue weighted by Gasteiger charge is -2.36. The Morgan fingerprint density at radius 2 is 2.04 bits per heavy atom. The second-order valence-corrected chi connectivity index (χ2v) is 6.49. The lowest BCUT2D eigenvalue weighted by molar-refractivity contribution is -0.144. The normalized spacial score (nSPS) is 19.3. The van der Waals surface area contributed by atoms with Crippen molar-refractivity contribution in [2.45, 2.75) is 39.3 Å². The van der Waals surface area contributed by atoms with Crippen LogP contribution in [-0.4, -0.2) is 41.0 Å². The monoisotopic (exact) mass is 318 g/mol. The molecule has 5 heteroatoms. The van der Waals surface area contributed by atoms with Crippen LogP contribution >= 0.6 is 0 Å². The van der Waals surface area contributed by atoms with Crippen molar-refractivity contribution in [2.24, 2.45) is 11.8 Å². The molecule has 2 atom stereocenters. The fraction of sp³-hybridized carbons (Fsp3) is 0.556. The first-order chi connectivity index (χ1) is 11.0. The Balaban J connectivity index is 2.21. The fourth-order valence-electron chi connectivity index (χ4n) is 3.04. The first-order valence-electron chi connectivity index (χ1n) is 8.25. The number of piperidine rings is 1. The summed E-state index contributed by atoms with van der Waals surface area (Å²) in [6.45, 7) is 4.93. The quantitative estimate of drug-likeness (QED) is 0.836. The lowest BCUT2D eigenvalue weighted by Crippen LogP contribution is -2.49. The molecule has 2 N–H and O–H groups in total. The summed E-state index contributed by atoms with van der Waals surface area (Å²) in [4.78, 5) is 26.3. The summed E-state index contributed by atoms with van der Waals surface area (Å²) < 4.78 is 0. The maximum absolute atomic E-state index is 13.0. The van der Waals surface area contributed by atoms with Gasteiger partial charge in [-0.15, -0.1) is 0 Å². The van der Waals surface area contributed by atoms with E-state index >= 15 is 0 Å². The number of nitrogens with one attached hydrogen (secondary N) is 1. The zero-order valence-electron chi connectivity index (χ0n) is 13.9. The van der Waals surface area contributed by atoms with Gasteiger partial charge in [0.1, 0.15) is 0 Å². The average molecular weight is 318 g/mol. The van der Waals surface area contributed by atoms with Crippen LogP contribution in [0.4, 0.5) is 0 Å². The van der Waals surface area contributed by atoms with Crippen molar-refractivity contribution >= 4 is 11.8 Å². The number of carbonyl (C=O) groups excluding carboxylic acids is 2. The molecule has 5 nitrogen and oxygen atoms in total. The van der Waals surface area contributed by atoms with Gasteiger partial charge in [-0.1, -0.05) is 44.2 Å². The molecule has 23 heavy (non-hydrogen) atoms. The molecule has 0 bridgehead atoms. The third-order valence-corrected chi connectivity index (χ3v) is 4.43. The van der Waals surface area contributed by atoms with Crippen LogP contribution in [0.3, 0.4) is 0 Å². The molecule has 2 amide bonds. The third kappa shape index (κ3) is 4.55. The number of carbonyl (C=O) groups is 2. The molecule has 0 aromatic heterocycles. The Labute approximate surface area is 137 Å². The largest absolute Gasteiger partial charge is 0.394 e. The summed E-state index contributed by atoms with van der Waals surface area (Å²) in [5.41, 5.74) is 1.03. The van der Waals surface area contributed by atoms with Crippen molar-refractivity contribution < 1.29 is 14.7 Å². The lowest BCUT2D eigenvalue weighted by atomic mass is 9.93. The van der Waals surface area contributed by atoms with E-state index in [0.717, 1.165) is 5.56 Å². The van der Waals surface area contributed by atoms with Gasteiger partial charge in [-0.25, -0.2) is 0 Å². The van der Waals surface area contributed by atoms with Crippen LogP contribution in [0, 0.1) is 11.8 Å². The number of rotatable bonds is 6. The van der Waals surface area contributed by atoms with Crippen LogP contribution in [0.5, 0.6) is 0 Å². The molecule has 0 spiro atoms. The second kappa shape index (κ2) is 8.11. The first kappa shape index (κ1) is 17.5. The van der Waals surface area contributed by atoms with Crippen LogP contribution in [0.2, 0.25) is 0 Å². The zero-order valence-corrected chi connectivity index (χ0v) is 13.9. The van der Waals surface area contributed by atoms with E-state index in [1.165, 1.54) is 0 Å². The van der Waals surface area contributed by atoms with Gasteiger partial charge < -0.3 is 15.3 Å². The molecule has 1 fully saturated rings. The number of nitrogens with zero attached hydrogens (tertiary/aromatic N) is 1. The summed E-state index contributed by atoms with van der Waals surface area (Å²) in [6.07, 6.45) is 0.895. The summed E-state index contributed by atoms with van der Waals surface area (Å²) >= 11 is 0. The second-order valence-electron chi connectivity index (χ2n) is 6.49. The molecule has 0 saturated carbocycles. The summed E-state index contributed by atoms with van der Waals surface area (Å²) in [6, 6.07) is 9.52. The maximum atomic E-state index is 13.0. The van der Waals surface area contributed by atoms with Gasteiger partial charge in [0.05, 0.1) is 12.6 Å². The highest BCUT2D eigenvalue weighted by Crippen LogP contribution is 2.22. The van der Waals surface area contributed by atoms with Gasteiger partial charge in [-0.3, -0.25) is 9.59 Å². The minimum absolute atomic E-state index is 0.0311. The van der Waals surface area contributed by atoms with Crippen LogP contribution < -0.4 is 5.32 Å². The number of aliphatic hydroxyl groups excluding tert-OH is 1. The van der Waals surface area contributed by atoms with Crippen LogP contribution in [-0.2, 0) is 16.1 Å². The molecular weight excluding hydrogens is 292 g/mol. The fourth-order valence-corrected chi connectivity index (χ4v) is 3.04. The highest BCUT2D eigenvalue weighted by Gasteiger charge is 2.33. The van der Waals surface area contributed by atoms with E-state index in [1.54, 1.807) is 4.90 Å². The minimum Gasteiger partial charge on any atom is -0.394 e. The van der Waals surface area contributed by atoms with Gasteiger partial charge in [0.2, 0.25) is 11.8 Å². The maximum Gasteiger partial charge on any atom is 0.226 e. The molecule has 1 aliphatic heterocycles. The predicted molar refractivity (Wildman–Crippen MR) is 88.4 cm³/mol. The van der Waals surface area contributed by atoms with E-state index in [9.17, 15) is 14.7 Å². The van der Waals surface area contributed by atoms with Gasteiger partial charge in [-0.05, 0) is 17.9 Å². The van der Waals surface area contributed by atoms with Crippen molar-refractivity contribution in [1.82, 2.24) is 10.2 Å². The predicted octanol–water partition coefficient (Wildman–Crippen LogP) is 1.56. The number of hydrogen-bond acceptors (Lipinski definition) is 3. The van der Waals surface area contributed by atoms with Gasteiger partial charge in [0.25, 0.3) is 0 Å². The van der Waals surface area contributed by atoms with Gasteiger partial charge in [0, 0.05) is 25.4 Å². The van der Waals surface area contributed by atoms with Crippen LogP contribution in [0.25, 0.3) is 0 Å². The number of amides is 2. The Morgan fingerprint density at radius 3 is 2.61 bits per heavy atom. The Hall–Kier alpha value is -1.88. The Kier molecular flexibility index (Phi) is 6.16. The summed E-state index contributed by atoms with van der Waals surface area (Å²) in [5, 5.41) is 12.5. The highest BCUT2D eigenvalue weighted by atomic mass is 16.3. The van der Waals surface area contributed by atoms with E-state index < -0.39 is 0 Å². The average Bonchev–Trinajstić information content (AvgIpc) is 2.54. The smallest absolute Gasteiger partial charge is 0.226 e. The van der Waals surface area contributed by atoms with Crippen molar-refractivity contribution in [3.63, 3.8) is 0 Å². The van der Waals surface area contributed by atoms with Crippen molar-refractivity contribution in [2.75, 3.05) is 13.2 Å². The van der Waals surface area contributed by atoms with E-state index in [4.69, 9.17) is 0 Å². The molecule has 0 aliphatic carbocycles. The number of benzene rings is 1. The SMILES string of the molecule is CC(C)[C@H](CO)N(Cc1ccccc1)C(=O)[C@@H]1CCNC(=O)C1. The molecule has 1 aromatic rings. The van der Waals surface area contributed by atoms with E-state index in [0.29, 0.717) is 19.5 Å². The highest BCUT2D eigenvalue weighted by molar-refractivity contribution is 5.87. The van der Waals surface area contributed by atoms with Gasteiger partial charge in [-0.2, -0.15) is 0 Å². The number of hydrogen-bond donors (Lipinski definition) is 2. The van der Waals surface area contributed by atoms with Crippen molar-refractivity contribution in [3.05, 3.63) is 35.9 Å². The van der Waals surface area contributed by atoms with Crippen LogP contribution in [0.15, 0.2) is 30.3 Å². The zero-order chi connectivity index (χ0) is 16.8. The van der Waals surface area contributed by atoms with Gasteiger partial charge >= 0.3 is 0 Å². The molecule has 0 unspecified atom stereocenters. The third-order valence-electron chi connectivity index (χ3n) is 4.43. The number of aliphatic hydroxyl groups is 1. The van der Waals surface area contributed by atoms with Gasteiger partial charge in [0.15, 0.2) is 0 Å². The summed E-state index contributed by atoms with van der Waals surface area (Å²) in [5.74, 6) is -0.249. The van der Waals surface area contributed by atoms with E-state index in [-0.39, 0.29) is 42.7 Å². The molecule has 1 heterocycles. The molecule has 1 saturated heterocycles. The molecular formula is C18H26N2O3. The first-order valence-corrected chi connectivity index (χ1v) is 8.25. The Bertz CT molecular complexity index is 530. The topological polar surface area (TPSA) is 69.6 Å².